The van der Waals surface area contributed by atoms with Gasteiger partial charge >= 0.3 is 16.4 Å². The molecule has 1 aliphatic heterocycles. The van der Waals surface area contributed by atoms with Crippen LogP contribution in [-0.4, -0.2) is 68.4 Å². The quantitative estimate of drug-likeness (QED) is 0.159. The molecule has 6 rings (SSSR count). The van der Waals surface area contributed by atoms with Crippen LogP contribution in [0, 0.1) is 6.92 Å². The topological polar surface area (TPSA) is 171 Å². The second kappa shape index (κ2) is 12.7. The number of carboxylic acid groups (broad SMARTS) is 1. The van der Waals surface area contributed by atoms with Crippen LogP contribution in [0.25, 0.3) is 22.0 Å². The van der Waals surface area contributed by atoms with E-state index in [4.69, 9.17) is 16.3 Å². The Kier molecular flexibility index (Phi) is 8.58. The zero-order chi connectivity index (χ0) is 32.4. The number of piperidine rings is 1. The molecule has 5 aromatic rings. The van der Waals surface area contributed by atoms with Gasteiger partial charge in [-0.1, -0.05) is 48.0 Å². The molecule has 1 aliphatic rings. The molecular weight excluding hydrogens is 634 g/mol. The molecule has 1 fully saturated rings. The molecule has 0 spiro atoms. The fourth-order valence-electron chi connectivity index (χ4n) is 5.45. The van der Waals surface area contributed by atoms with Gasteiger partial charge in [0, 0.05) is 36.1 Å². The van der Waals surface area contributed by atoms with Gasteiger partial charge in [-0.15, -0.1) is 5.10 Å². The lowest BCUT2D eigenvalue weighted by Gasteiger charge is -2.31. The van der Waals surface area contributed by atoms with Crippen LogP contribution in [0.3, 0.4) is 0 Å². The van der Waals surface area contributed by atoms with Crippen molar-refractivity contribution < 1.29 is 27.6 Å². The summed E-state index contributed by atoms with van der Waals surface area (Å²) in [5, 5.41) is 22.0. The summed E-state index contributed by atoms with van der Waals surface area (Å²) in [6, 6.07) is 18.0. The van der Waals surface area contributed by atoms with E-state index in [1.807, 2.05) is 6.92 Å². The highest BCUT2D eigenvalue weighted by Gasteiger charge is 2.27. The van der Waals surface area contributed by atoms with Crippen LogP contribution in [0.2, 0.25) is 5.02 Å². The van der Waals surface area contributed by atoms with Gasteiger partial charge in [-0.25, -0.2) is 19.1 Å². The average Bonchev–Trinajstić information content (AvgIpc) is 3.03. The number of nitrogens with one attached hydrogen (secondary N) is 1. The molecular formula is C31H28ClN7O6S. The smallest absolute Gasteiger partial charge is 0.407 e. The molecule has 1 amide bonds. The lowest BCUT2D eigenvalue weighted by molar-refractivity contribution is 0.132. The lowest BCUT2D eigenvalue weighted by Crippen LogP contribution is -2.44. The van der Waals surface area contributed by atoms with E-state index in [2.05, 4.69) is 25.5 Å². The number of para-hydroxylation sites is 1. The molecule has 2 aromatic heterocycles. The van der Waals surface area contributed by atoms with Gasteiger partial charge in [-0.3, -0.25) is 4.55 Å². The first-order valence-electron chi connectivity index (χ1n) is 14.2. The Labute approximate surface area is 269 Å². The van der Waals surface area contributed by atoms with Crippen LogP contribution in [0.1, 0.15) is 18.4 Å². The number of benzene rings is 3. The van der Waals surface area contributed by atoms with Crippen molar-refractivity contribution in [3.05, 3.63) is 89.7 Å². The summed E-state index contributed by atoms with van der Waals surface area (Å²) >= 11 is 6.35. The Hall–Kier alpha value is -5.05. The SMILES string of the molecule is Cc1ccc2c(N(c3ccccc3Cl)S(=O)(=O)O)cccc2c1Oc1nnccc1-c1ccnc(N[C@H]2CCCN(C(=O)O)C2)n1. The predicted octanol–water partition coefficient (Wildman–Crippen LogP) is 6.34. The van der Waals surface area contributed by atoms with Crippen molar-refractivity contribution >= 4 is 56.1 Å². The first-order chi connectivity index (χ1) is 22.1. The standard InChI is InChI=1S/C31H28ClN7O6S/c1-19-11-12-21-22(7-4-10-26(21)39(46(42,43)44)27-9-3-2-8-24(27)32)28(19)45-29-23(13-16-34-37-29)25-14-15-33-30(36-25)35-20-6-5-17-38(18-20)31(40)41/h2-4,7-16,20H,5-6,17-18H2,1H3,(H,40,41)(H,33,35,36)(H,42,43,44)/t20-/m0/s1. The number of likely N-dealkylation sites (tertiary alicyclic amines) is 1. The predicted molar refractivity (Wildman–Crippen MR) is 173 cm³/mol. The minimum atomic E-state index is -4.80. The molecule has 46 heavy (non-hydrogen) atoms. The molecule has 0 saturated carbocycles. The van der Waals surface area contributed by atoms with E-state index in [1.54, 1.807) is 60.8 Å². The number of hydrogen-bond donors (Lipinski definition) is 3. The lowest BCUT2D eigenvalue weighted by atomic mass is 10.0. The number of rotatable bonds is 8. The van der Waals surface area contributed by atoms with Gasteiger partial charge in [0.15, 0.2) is 0 Å². The highest BCUT2D eigenvalue weighted by Crippen LogP contribution is 2.42. The monoisotopic (exact) mass is 661 g/mol. The molecule has 15 heteroatoms. The Balaban J connectivity index is 1.37. The van der Waals surface area contributed by atoms with E-state index in [0.29, 0.717) is 46.8 Å². The van der Waals surface area contributed by atoms with Crippen LogP contribution in [0.15, 0.2) is 79.1 Å². The van der Waals surface area contributed by atoms with Crippen LogP contribution < -0.4 is 14.4 Å². The van der Waals surface area contributed by atoms with Crippen molar-refractivity contribution in [2.24, 2.45) is 0 Å². The maximum Gasteiger partial charge on any atom is 0.407 e. The summed E-state index contributed by atoms with van der Waals surface area (Å²) in [6.45, 7) is 2.64. The number of fused-ring (bicyclic) bond motifs is 1. The molecule has 3 heterocycles. The fourth-order valence-corrected chi connectivity index (χ4v) is 6.53. The van der Waals surface area contributed by atoms with Gasteiger partial charge in [0.2, 0.25) is 11.8 Å². The van der Waals surface area contributed by atoms with Gasteiger partial charge in [0.25, 0.3) is 0 Å². The molecule has 1 atom stereocenters. The van der Waals surface area contributed by atoms with Gasteiger partial charge in [0.05, 0.1) is 33.9 Å². The van der Waals surface area contributed by atoms with Crippen LogP contribution in [0.4, 0.5) is 22.1 Å². The number of amides is 1. The number of anilines is 3. The Morgan fingerprint density at radius 1 is 1.04 bits per heavy atom. The van der Waals surface area contributed by atoms with Gasteiger partial charge in [-0.2, -0.15) is 13.5 Å². The average molecular weight is 662 g/mol. The minimum absolute atomic E-state index is 0.0792. The Morgan fingerprint density at radius 2 is 1.85 bits per heavy atom. The van der Waals surface area contributed by atoms with E-state index in [0.717, 1.165) is 22.7 Å². The molecule has 236 valence electrons. The highest BCUT2D eigenvalue weighted by molar-refractivity contribution is 7.87. The zero-order valence-electron chi connectivity index (χ0n) is 24.4. The highest BCUT2D eigenvalue weighted by atomic mass is 35.5. The summed E-state index contributed by atoms with van der Waals surface area (Å²) in [7, 11) is -4.80. The van der Waals surface area contributed by atoms with Crippen LogP contribution >= 0.6 is 11.6 Å². The Morgan fingerprint density at radius 3 is 2.63 bits per heavy atom. The van der Waals surface area contributed by atoms with Gasteiger partial charge in [0.1, 0.15) is 5.75 Å². The Bertz CT molecular complexity index is 2050. The number of aromatic nitrogens is 4. The maximum atomic E-state index is 12.7. The van der Waals surface area contributed by atoms with Crippen LogP contribution in [0.5, 0.6) is 11.6 Å². The largest absolute Gasteiger partial charge is 0.465 e. The number of carbonyl (C=O) groups is 1. The third-order valence-corrected chi connectivity index (χ3v) is 8.72. The molecule has 0 aliphatic carbocycles. The van der Waals surface area contributed by atoms with Crippen molar-refractivity contribution in [2.75, 3.05) is 22.7 Å². The molecule has 3 N–H and O–H groups in total. The fraction of sp³-hybridized carbons (Fsp3) is 0.194. The number of aryl methyl sites for hydroxylation is 1. The van der Waals surface area contributed by atoms with E-state index in [1.165, 1.54) is 23.2 Å². The van der Waals surface area contributed by atoms with Crippen molar-refractivity contribution in [2.45, 2.75) is 25.8 Å². The zero-order valence-corrected chi connectivity index (χ0v) is 26.0. The number of hydrogen-bond acceptors (Lipinski definition) is 9. The van der Waals surface area contributed by atoms with E-state index in [-0.39, 0.29) is 28.3 Å². The first kappa shape index (κ1) is 31.0. The third kappa shape index (κ3) is 6.36. The summed E-state index contributed by atoms with van der Waals surface area (Å²) in [6.07, 6.45) is 3.63. The number of nitrogens with zero attached hydrogens (tertiary/aromatic N) is 6. The van der Waals surface area contributed by atoms with E-state index >= 15 is 0 Å². The molecule has 13 nitrogen and oxygen atoms in total. The summed E-state index contributed by atoms with van der Waals surface area (Å²) in [5.41, 5.74) is 1.97. The van der Waals surface area contributed by atoms with Crippen LogP contribution in [-0.2, 0) is 10.3 Å². The summed E-state index contributed by atoms with van der Waals surface area (Å²) in [4.78, 5) is 21.8. The molecule has 0 bridgehead atoms. The number of halogens is 1. The second-order valence-corrected chi connectivity index (χ2v) is 12.3. The molecule has 3 aromatic carbocycles. The van der Waals surface area contributed by atoms with Crippen molar-refractivity contribution in [1.82, 2.24) is 25.1 Å². The maximum absolute atomic E-state index is 12.7. The van der Waals surface area contributed by atoms with E-state index in [9.17, 15) is 22.9 Å². The molecule has 1 saturated heterocycles. The van der Waals surface area contributed by atoms with Crippen molar-refractivity contribution in [3.63, 3.8) is 0 Å². The third-order valence-electron chi connectivity index (χ3n) is 7.55. The summed E-state index contributed by atoms with van der Waals surface area (Å²) in [5.74, 6) is 0.855. The normalized spacial score (nSPS) is 15.0. The first-order valence-corrected chi connectivity index (χ1v) is 16.0. The minimum Gasteiger partial charge on any atom is -0.465 e. The molecule has 0 unspecified atom stereocenters. The van der Waals surface area contributed by atoms with Crippen molar-refractivity contribution in [3.8, 4) is 22.9 Å². The summed E-state index contributed by atoms with van der Waals surface area (Å²) < 4.78 is 42.9. The molecule has 0 radical (unpaired) electrons. The second-order valence-electron chi connectivity index (χ2n) is 10.6. The van der Waals surface area contributed by atoms with E-state index < -0.39 is 16.4 Å². The van der Waals surface area contributed by atoms with Gasteiger partial charge in [-0.05, 0) is 55.7 Å². The van der Waals surface area contributed by atoms with Crippen molar-refractivity contribution in [1.29, 1.82) is 0 Å². The van der Waals surface area contributed by atoms with Gasteiger partial charge < -0.3 is 20.1 Å². The number of ether oxygens (including phenoxy) is 1.